The van der Waals surface area contributed by atoms with Crippen molar-refractivity contribution >= 4 is 46.4 Å². The first-order valence-corrected chi connectivity index (χ1v) is 10.3. The van der Waals surface area contributed by atoms with Gasteiger partial charge < -0.3 is 18.8 Å². The molecule has 0 N–H and O–H groups in total. The van der Waals surface area contributed by atoms with Crippen molar-refractivity contribution in [1.29, 1.82) is 0 Å². The van der Waals surface area contributed by atoms with Gasteiger partial charge in [0.2, 0.25) is 5.79 Å². The van der Waals surface area contributed by atoms with Gasteiger partial charge in [-0.3, -0.25) is 0 Å². The molecule has 4 rings (SSSR count). The van der Waals surface area contributed by atoms with Crippen molar-refractivity contribution in [2.45, 2.75) is 18.4 Å². The maximum absolute atomic E-state index is 6.47. The summed E-state index contributed by atoms with van der Waals surface area (Å²) in [5.74, 6) is -0.573. The van der Waals surface area contributed by atoms with E-state index in [0.717, 1.165) is 0 Å². The Labute approximate surface area is 188 Å². The molecular formula is C20H16Cl4N2O3. The van der Waals surface area contributed by atoms with Gasteiger partial charge in [-0.25, -0.2) is 4.98 Å². The second kappa shape index (κ2) is 8.72. The molecule has 1 aliphatic heterocycles. The number of benzene rings is 2. The quantitative estimate of drug-likeness (QED) is 0.450. The normalized spacial score (nSPS) is 21.4. The fourth-order valence-corrected chi connectivity index (χ4v) is 4.17. The summed E-state index contributed by atoms with van der Waals surface area (Å²) >= 11 is 24.6. The van der Waals surface area contributed by atoms with Crippen molar-refractivity contribution in [3.05, 3.63) is 80.8 Å². The molecule has 1 aromatic heterocycles. The molecule has 1 saturated heterocycles. The zero-order valence-electron chi connectivity index (χ0n) is 15.0. The standard InChI is InChI=1S/C20H16Cl4N2O3/c21-13-1-3-16(17(23)7-13)20(11-26-6-5-25-12-26)28-10-15(29-20)9-27-19-4-2-14(22)8-18(19)24/h1-8,12,15H,9-11H2. The number of imidazole rings is 1. The van der Waals surface area contributed by atoms with Gasteiger partial charge in [0.15, 0.2) is 0 Å². The average molecular weight is 474 g/mol. The summed E-state index contributed by atoms with van der Waals surface area (Å²) in [5, 5.41) is 1.97. The molecule has 3 aromatic rings. The summed E-state index contributed by atoms with van der Waals surface area (Å²) in [7, 11) is 0. The number of aromatic nitrogens is 2. The molecule has 2 unspecified atom stereocenters. The van der Waals surface area contributed by atoms with Gasteiger partial charge in [-0.1, -0.05) is 52.5 Å². The van der Waals surface area contributed by atoms with Gasteiger partial charge in [-0.2, -0.15) is 0 Å². The number of halogens is 4. The predicted octanol–water partition coefficient (Wildman–Crippen LogP) is 5.84. The van der Waals surface area contributed by atoms with Crippen LogP contribution in [0.15, 0.2) is 55.1 Å². The molecule has 1 fully saturated rings. The second-order valence-electron chi connectivity index (χ2n) is 6.55. The molecule has 2 atom stereocenters. The minimum absolute atomic E-state index is 0.248. The number of nitrogens with zero attached hydrogens (tertiary/aromatic N) is 2. The summed E-state index contributed by atoms with van der Waals surface area (Å²) in [5.41, 5.74) is 0.685. The fraction of sp³-hybridized carbons (Fsp3) is 0.250. The molecule has 2 heterocycles. The molecule has 0 saturated carbocycles. The van der Waals surface area contributed by atoms with Crippen LogP contribution >= 0.6 is 46.4 Å². The summed E-state index contributed by atoms with van der Waals surface area (Å²) in [6.45, 7) is 0.934. The number of ether oxygens (including phenoxy) is 3. The third-order valence-electron chi connectivity index (χ3n) is 4.47. The van der Waals surface area contributed by atoms with Crippen molar-refractivity contribution < 1.29 is 14.2 Å². The molecule has 0 spiro atoms. The molecule has 2 aromatic carbocycles. The summed E-state index contributed by atoms with van der Waals surface area (Å²) in [4.78, 5) is 4.08. The predicted molar refractivity (Wildman–Crippen MR) is 113 cm³/mol. The van der Waals surface area contributed by atoms with Crippen LogP contribution in [0.3, 0.4) is 0 Å². The Hall–Kier alpha value is -1.47. The van der Waals surface area contributed by atoms with Gasteiger partial charge in [0.05, 0.1) is 29.5 Å². The lowest BCUT2D eigenvalue weighted by atomic mass is 10.1. The second-order valence-corrected chi connectivity index (χ2v) is 8.24. The lowest BCUT2D eigenvalue weighted by molar-refractivity contribution is -0.189. The van der Waals surface area contributed by atoms with E-state index in [9.17, 15) is 0 Å². The molecule has 152 valence electrons. The first-order valence-electron chi connectivity index (χ1n) is 8.76. The zero-order valence-corrected chi connectivity index (χ0v) is 18.0. The molecule has 9 heteroatoms. The van der Waals surface area contributed by atoms with Crippen LogP contribution in [0, 0.1) is 0 Å². The Kier molecular flexibility index (Phi) is 6.25. The van der Waals surface area contributed by atoms with Crippen LogP contribution in [0.2, 0.25) is 20.1 Å². The van der Waals surface area contributed by atoms with E-state index in [1.165, 1.54) is 0 Å². The highest BCUT2D eigenvalue weighted by Crippen LogP contribution is 2.40. The highest BCUT2D eigenvalue weighted by atomic mass is 35.5. The van der Waals surface area contributed by atoms with E-state index in [-0.39, 0.29) is 12.7 Å². The van der Waals surface area contributed by atoms with Gasteiger partial charge >= 0.3 is 0 Å². The number of rotatable bonds is 6. The molecule has 0 radical (unpaired) electrons. The van der Waals surface area contributed by atoms with Crippen molar-refractivity contribution in [2.24, 2.45) is 0 Å². The van der Waals surface area contributed by atoms with Crippen LogP contribution in [-0.4, -0.2) is 28.9 Å². The Balaban J connectivity index is 1.55. The minimum Gasteiger partial charge on any atom is -0.489 e. The average Bonchev–Trinajstić information content (AvgIpc) is 3.32. The topological polar surface area (TPSA) is 45.5 Å². The van der Waals surface area contributed by atoms with Gasteiger partial charge in [0, 0.05) is 28.0 Å². The Bertz CT molecular complexity index is 999. The number of hydrogen-bond acceptors (Lipinski definition) is 4. The van der Waals surface area contributed by atoms with Crippen molar-refractivity contribution in [3.63, 3.8) is 0 Å². The Morgan fingerprint density at radius 2 is 1.83 bits per heavy atom. The molecule has 0 bridgehead atoms. The smallest absolute Gasteiger partial charge is 0.215 e. The van der Waals surface area contributed by atoms with Crippen molar-refractivity contribution in [3.8, 4) is 5.75 Å². The van der Waals surface area contributed by atoms with E-state index in [1.807, 2.05) is 10.8 Å². The van der Waals surface area contributed by atoms with E-state index in [4.69, 9.17) is 60.6 Å². The third kappa shape index (κ3) is 4.66. The van der Waals surface area contributed by atoms with E-state index in [0.29, 0.717) is 44.6 Å². The molecule has 1 aliphatic rings. The van der Waals surface area contributed by atoms with Crippen LogP contribution < -0.4 is 4.74 Å². The largest absolute Gasteiger partial charge is 0.489 e. The van der Waals surface area contributed by atoms with Crippen molar-refractivity contribution in [2.75, 3.05) is 13.2 Å². The van der Waals surface area contributed by atoms with E-state index in [2.05, 4.69) is 4.98 Å². The molecule has 0 amide bonds. The lowest BCUT2D eigenvalue weighted by Crippen LogP contribution is -2.34. The molecule has 29 heavy (non-hydrogen) atoms. The minimum atomic E-state index is -1.10. The Morgan fingerprint density at radius 1 is 1.07 bits per heavy atom. The maximum atomic E-state index is 6.47. The van der Waals surface area contributed by atoms with Crippen LogP contribution in [0.1, 0.15) is 5.56 Å². The van der Waals surface area contributed by atoms with Gasteiger partial charge in [-0.05, 0) is 30.3 Å². The monoisotopic (exact) mass is 472 g/mol. The summed E-state index contributed by atoms with van der Waals surface area (Å²) < 4.78 is 20.1. The van der Waals surface area contributed by atoms with Gasteiger partial charge in [0.25, 0.3) is 0 Å². The van der Waals surface area contributed by atoms with E-state index >= 15 is 0 Å². The van der Waals surface area contributed by atoms with E-state index < -0.39 is 5.79 Å². The van der Waals surface area contributed by atoms with E-state index in [1.54, 1.807) is 48.9 Å². The van der Waals surface area contributed by atoms with Crippen LogP contribution in [-0.2, 0) is 21.8 Å². The molecular weight excluding hydrogens is 458 g/mol. The fourth-order valence-electron chi connectivity index (χ4n) is 3.15. The molecule has 0 aliphatic carbocycles. The lowest BCUT2D eigenvalue weighted by Gasteiger charge is -2.30. The van der Waals surface area contributed by atoms with Crippen LogP contribution in [0.25, 0.3) is 0 Å². The van der Waals surface area contributed by atoms with Gasteiger partial charge in [0.1, 0.15) is 18.5 Å². The highest BCUT2D eigenvalue weighted by Gasteiger charge is 2.45. The first kappa shape index (κ1) is 20.8. The summed E-state index contributed by atoms with van der Waals surface area (Å²) in [6, 6.07) is 10.3. The number of hydrogen-bond donors (Lipinski definition) is 0. The van der Waals surface area contributed by atoms with Gasteiger partial charge in [-0.15, -0.1) is 0 Å². The third-order valence-corrected chi connectivity index (χ3v) is 5.55. The molecule has 5 nitrogen and oxygen atoms in total. The maximum Gasteiger partial charge on any atom is 0.215 e. The van der Waals surface area contributed by atoms with Crippen molar-refractivity contribution in [1.82, 2.24) is 9.55 Å². The Morgan fingerprint density at radius 3 is 2.52 bits per heavy atom. The SMILES string of the molecule is Clc1ccc(OCC2COC(Cn3ccnc3)(c3ccc(Cl)cc3Cl)O2)c(Cl)c1. The summed E-state index contributed by atoms with van der Waals surface area (Å²) in [6.07, 6.45) is 4.87. The van der Waals surface area contributed by atoms with Crippen LogP contribution in [0.5, 0.6) is 5.75 Å². The van der Waals surface area contributed by atoms with Crippen LogP contribution in [0.4, 0.5) is 0 Å². The zero-order chi connectivity index (χ0) is 20.4. The first-order chi connectivity index (χ1) is 13.9. The highest BCUT2D eigenvalue weighted by molar-refractivity contribution is 6.35.